The summed E-state index contributed by atoms with van der Waals surface area (Å²) in [5.41, 5.74) is 2.85. The number of para-hydroxylation sites is 1. The second-order valence-electron chi connectivity index (χ2n) is 4.49. The van der Waals surface area contributed by atoms with Crippen LogP contribution in [0.4, 0.5) is 0 Å². The molecule has 0 N–H and O–H groups in total. The molecule has 0 bridgehead atoms. The van der Waals surface area contributed by atoms with Crippen LogP contribution in [0.5, 0.6) is 0 Å². The van der Waals surface area contributed by atoms with Crippen molar-refractivity contribution in [3.05, 3.63) is 42.1 Å². The Morgan fingerprint density at radius 1 is 1.33 bits per heavy atom. The summed E-state index contributed by atoms with van der Waals surface area (Å²) in [5, 5.41) is 1.07. The van der Waals surface area contributed by atoms with Gasteiger partial charge in [-0.2, -0.15) is 0 Å². The summed E-state index contributed by atoms with van der Waals surface area (Å²) in [6.07, 6.45) is 6.91. The second-order valence-corrected chi connectivity index (χ2v) is 4.49. The highest BCUT2D eigenvalue weighted by molar-refractivity contribution is 5.91. The summed E-state index contributed by atoms with van der Waals surface area (Å²) in [4.78, 5) is 0. The standard InChI is InChI=1S/C17H19NO3/c1-5-13-14-9-7-8-10-15(14)18(11-19-3)17(13)16(6-2)21-12-20-4/h2,5,7-10,16H,1,11-12H2,3-4H3. The zero-order valence-corrected chi connectivity index (χ0v) is 12.3. The average molecular weight is 285 g/mol. The topological polar surface area (TPSA) is 32.6 Å². The van der Waals surface area contributed by atoms with E-state index < -0.39 is 6.10 Å². The molecule has 0 saturated carbocycles. The first-order valence-corrected chi connectivity index (χ1v) is 6.57. The number of nitrogens with zero attached hydrogens (tertiary/aromatic N) is 1. The quantitative estimate of drug-likeness (QED) is 0.578. The van der Waals surface area contributed by atoms with E-state index >= 15 is 0 Å². The lowest BCUT2D eigenvalue weighted by molar-refractivity contribution is -0.0565. The summed E-state index contributed by atoms with van der Waals surface area (Å²) in [5.74, 6) is 2.66. The van der Waals surface area contributed by atoms with Crippen molar-refractivity contribution < 1.29 is 14.2 Å². The second kappa shape index (κ2) is 7.09. The van der Waals surface area contributed by atoms with Gasteiger partial charge in [-0.15, -0.1) is 6.42 Å². The molecule has 1 aromatic heterocycles. The van der Waals surface area contributed by atoms with Crippen molar-refractivity contribution in [3.8, 4) is 12.3 Å². The number of hydrogen-bond donors (Lipinski definition) is 0. The van der Waals surface area contributed by atoms with Crippen LogP contribution < -0.4 is 0 Å². The lowest BCUT2D eigenvalue weighted by Crippen LogP contribution is -2.13. The Morgan fingerprint density at radius 2 is 2.10 bits per heavy atom. The smallest absolute Gasteiger partial charge is 0.161 e. The summed E-state index contributed by atoms with van der Waals surface area (Å²) < 4.78 is 17.9. The number of fused-ring (bicyclic) bond motifs is 1. The van der Waals surface area contributed by atoms with E-state index in [1.807, 2.05) is 28.8 Å². The van der Waals surface area contributed by atoms with Crippen LogP contribution in [0.2, 0.25) is 0 Å². The molecule has 0 fully saturated rings. The van der Waals surface area contributed by atoms with Crippen LogP contribution in [0.25, 0.3) is 17.0 Å². The van der Waals surface area contributed by atoms with Crippen molar-refractivity contribution in [2.45, 2.75) is 12.8 Å². The van der Waals surface area contributed by atoms with E-state index in [-0.39, 0.29) is 6.79 Å². The molecule has 110 valence electrons. The fourth-order valence-electron chi connectivity index (χ4n) is 2.46. The van der Waals surface area contributed by atoms with Gasteiger partial charge in [0.05, 0.1) is 11.2 Å². The molecule has 0 radical (unpaired) electrons. The Balaban J connectivity index is 2.66. The maximum Gasteiger partial charge on any atom is 0.161 e. The van der Waals surface area contributed by atoms with E-state index in [4.69, 9.17) is 20.6 Å². The fraction of sp³-hybridized carbons (Fsp3) is 0.294. The minimum absolute atomic E-state index is 0.125. The molecular formula is C17H19NO3. The lowest BCUT2D eigenvalue weighted by Gasteiger charge is -2.16. The molecule has 2 rings (SSSR count). The molecule has 1 atom stereocenters. The summed E-state index contributed by atoms with van der Waals surface area (Å²) in [6, 6.07) is 8.02. The van der Waals surface area contributed by atoms with E-state index in [1.54, 1.807) is 20.3 Å². The third kappa shape index (κ3) is 2.86. The van der Waals surface area contributed by atoms with E-state index in [2.05, 4.69) is 12.5 Å². The van der Waals surface area contributed by atoms with Gasteiger partial charge in [-0.25, -0.2) is 0 Å². The number of benzene rings is 1. The highest BCUT2D eigenvalue weighted by Crippen LogP contribution is 2.32. The van der Waals surface area contributed by atoms with Crippen LogP contribution in [0.15, 0.2) is 30.8 Å². The van der Waals surface area contributed by atoms with Crippen LogP contribution in [-0.2, 0) is 20.9 Å². The van der Waals surface area contributed by atoms with Crippen molar-refractivity contribution in [2.75, 3.05) is 21.0 Å². The normalized spacial score (nSPS) is 12.2. The predicted octanol–water partition coefficient (Wildman–Crippen LogP) is 3.18. The van der Waals surface area contributed by atoms with Crippen molar-refractivity contribution in [1.29, 1.82) is 0 Å². The van der Waals surface area contributed by atoms with Crippen LogP contribution in [0.3, 0.4) is 0 Å². The van der Waals surface area contributed by atoms with Gasteiger partial charge in [-0.1, -0.05) is 36.8 Å². The Bertz CT molecular complexity index is 666. The highest BCUT2D eigenvalue weighted by Gasteiger charge is 2.22. The van der Waals surface area contributed by atoms with Gasteiger partial charge in [0.2, 0.25) is 0 Å². The SMILES string of the molecule is C#CC(OCOC)c1c(C=C)c2ccccc2n1COC. The lowest BCUT2D eigenvalue weighted by atomic mass is 10.1. The molecule has 1 unspecified atom stereocenters. The molecule has 0 spiro atoms. The van der Waals surface area contributed by atoms with Crippen LogP contribution in [0, 0.1) is 12.3 Å². The molecule has 1 heterocycles. The van der Waals surface area contributed by atoms with Gasteiger partial charge >= 0.3 is 0 Å². The molecule has 0 amide bonds. The Labute approximate surface area is 124 Å². The third-order valence-electron chi connectivity index (χ3n) is 3.27. The number of ether oxygens (including phenoxy) is 3. The molecule has 2 aromatic rings. The van der Waals surface area contributed by atoms with Gasteiger partial charge in [-0.3, -0.25) is 0 Å². The van der Waals surface area contributed by atoms with E-state index in [0.717, 1.165) is 22.2 Å². The monoisotopic (exact) mass is 285 g/mol. The molecule has 21 heavy (non-hydrogen) atoms. The maximum absolute atomic E-state index is 5.64. The summed E-state index contributed by atoms with van der Waals surface area (Å²) in [7, 11) is 3.21. The molecule has 0 saturated heterocycles. The molecule has 0 aliphatic heterocycles. The highest BCUT2D eigenvalue weighted by atomic mass is 16.7. The maximum atomic E-state index is 5.64. The summed E-state index contributed by atoms with van der Waals surface area (Å²) in [6.45, 7) is 4.41. The Kier molecular flexibility index (Phi) is 5.18. The predicted molar refractivity (Wildman–Crippen MR) is 83.6 cm³/mol. The van der Waals surface area contributed by atoms with Gasteiger partial charge in [0.15, 0.2) is 6.10 Å². The molecule has 4 nitrogen and oxygen atoms in total. The first-order chi connectivity index (χ1) is 10.3. The molecule has 0 aliphatic rings. The Morgan fingerprint density at radius 3 is 2.71 bits per heavy atom. The number of methoxy groups -OCH3 is 2. The minimum Gasteiger partial charge on any atom is -0.364 e. The minimum atomic E-state index is -0.527. The molecule has 1 aromatic carbocycles. The first-order valence-electron chi connectivity index (χ1n) is 6.57. The van der Waals surface area contributed by atoms with Gasteiger partial charge < -0.3 is 18.8 Å². The van der Waals surface area contributed by atoms with E-state index in [9.17, 15) is 0 Å². The molecule has 4 heteroatoms. The van der Waals surface area contributed by atoms with Crippen LogP contribution >= 0.6 is 0 Å². The summed E-state index contributed by atoms with van der Waals surface area (Å²) >= 11 is 0. The van der Waals surface area contributed by atoms with Crippen LogP contribution in [0.1, 0.15) is 17.4 Å². The molecule has 0 aliphatic carbocycles. The largest absolute Gasteiger partial charge is 0.364 e. The van der Waals surface area contributed by atoms with Gasteiger partial charge in [-0.05, 0) is 6.07 Å². The number of terminal acetylenes is 1. The number of aromatic nitrogens is 1. The fourth-order valence-corrected chi connectivity index (χ4v) is 2.46. The van der Waals surface area contributed by atoms with Gasteiger partial charge in [0, 0.05) is 25.2 Å². The van der Waals surface area contributed by atoms with Gasteiger partial charge in [0.25, 0.3) is 0 Å². The van der Waals surface area contributed by atoms with Crippen molar-refractivity contribution in [1.82, 2.24) is 4.57 Å². The van der Waals surface area contributed by atoms with E-state index in [0.29, 0.717) is 6.73 Å². The number of hydrogen-bond acceptors (Lipinski definition) is 3. The van der Waals surface area contributed by atoms with Crippen molar-refractivity contribution in [2.24, 2.45) is 0 Å². The zero-order chi connectivity index (χ0) is 15.2. The number of rotatable bonds is 7. The Hall–Kier alpha value is -2.06. The van der Waals surface area contributed by atoms with E-state index in [1.165, 1.54) is 0 Å². The van der Waals surface area contributed by atoms with Crippen molar-refractivity contribution in [3.63, 3.8) is 0 Å². The molecular weight excluding hydrogens is 266 g/mol. The third-order valence-corrected chi connectivity index (χ3v) is 3.27. The van der Waals surface area contributed by atoms with Crippen molar-refractivity contribution >= 4 is 17.0 Å². The van der Waals surface area contributed by atoms with Gasteiger partial charge in [0.1, 0.15) is 13.5 Å². The average Bonchev–Trinajstić information content (AvgIpc) is 2.83. The first kappa shape index (κ1) is 15.3. The van der Waals surface area contributed by atoms with Crippen LogP contribution in [-0.4, -0.2) is 25.6 Å². The zero-order valence-electron chi connectivity index (χ0n) is 12.3.